The highest BCUT2D eigenvalue weighted by atomic mass is 35.5. The molecule has 1 aromatic carbocycles. The van der Waals surface area contributed by atoms with E-state index in [1.165, 1.54) is 11.1 Å². The minimum Gasteiger partial charge on any atom is -0.377 e. The van der Waals surface area contributed by atoms with Crippen LogP contribution in [0.5, 0.6) is 0 Å². The van der Waals surface area contributed by atoms with Gasteiger partial charge in [0.25, 0.3) is 0 Å². The standard InChI is InChI=1S/C14H22ClNO/c1-5-16-14(9-17-10(2)3)13-7-6-12(15)8-11(13)4/h6-8,10,14,16H,5,9H2,1-4H3. The van der Waals surface area contributed by atoms with Crippen LogP contribution in [0.25, 0.3) is 0 Å². The second kappa shape index (κ2) is 7.00. The van der Waals surface area contributed by atoms with Crippen molar-refractivity contribution in [2.75, 3.05) is 13.2 Å². The lowest BCUT2D eigenvalue weighted by Crippen LogP contribution is -2.27. The molecule has 0 bridgehead atoms. The van der Waals surface area contributed by atoms with Gasteiger partial charge in [-0.3, -0.25) is 0 Å². The SMILES string of the molecule is CCNC(COC(C)C)c1ccc(Cl)cc1C. The molecule has 1 N–H and O–H groups in total. The Hall–Kier alpha value is -0.570. The zero-order valence-electron chi connectivity index (χ0n) is 11.1. The van der Waals surface area contributed by atoms with Crippen LogP contribution in [0.1, 0.15) is 37.9 Å². The molecule has 1 unspecified atom stereocenters. The molecule has 17 heavy (non-hydrogen) atoms. The maximum atomic E-state index is 5.97. The van der Waals surface area contributed by atoms with E-state index in [4.69, 9.17) is 16.3 Å². The Morgan fingerprint density at radius 2 is 2.06 bits per heavy atom. The quantitative estimate of drug-likeness (QED) is 0.837. The second-order valence-corrected chi connectivity index (χ2v) is 4.93. The number of aryl methyl sites for hydroxylation is 1. The van der Waals surface area contributed by atoms with Crippen molar-refractivity contribution in [3.8, 4) is 0 Å². The minimum absolute atomic E-state index is 0.236. The Labute approximate surface area is 109 Å². The van der Waals surface area contributed by atoms with Gasteiger partial charge in [0.2, 0.25) is 0 Å². The third-order valence-corrected chi connectivity index (χ3v) is 2.89. The predicted molar refractivity (Wildman–Crippen MR) is 73.7 cm³/mol. The highest BCUT2D eigenvalue weighted by molar-refractivity contribution is 6.30. The third-order valence-electron chi connectivity index (χ3n) is 2.65. The minimum atomic E-state index is 0.236. The van der Waals surface area contributed by atoms with Crippen LogP contribution in [0.15, 0.2) is 18.2 Å². The van der Waals surface area contributed by atoms with Crippen LogP contribution in [-0.2, 0) is 4.74 Å². The first-order valence-corrected chi connectivity index (χ1v) is 6.53. The summed E-state index contributed by atoms with van der Waals surface area (Å²) in [5.74, 6) is 0. The molecule has 0 aliphatic rings. The first-order valence-electron chi connectivity index (χ1n) is 6.15. The summed E-state index contributed by atoms with van der Waals surface area (Å²) >= 11 is 5.97. The van der Waals surface area contributed by atoms with E-state index in [1.54, 1.807) is 0 Å². The Morgan fingerprint density at radius 3 is 2.59 bits per heavy atom. The van der Waals surface area contributed by atoms with Crippen molar-refractivity contribution in [1.82, 2.24) is 5.32 Å². The van der Waals surface area contributed by atoms with Gasteiger partial charge in [0, 0.05) is 5.02 Å². The maximum Gasteiger partial charge on any atom is 0.0665 e. The highest BCUT2D eigenvalue weighted by Crippen LogP contribution is 2.22. The molecule has 0 amide bonds. The van der Waals surface area contributed by atoms with E-state index in [2.05, 4.69) is 39.1 Å². The molecule has 96 valence electrons. The molecule has 0 saturated carbocycles. The summed E-state index contributed by atoms with van der Waals surface area (Å²) in [6.07, 6.45) is 0.253. The highest BCUT2D eigenvalue weighted by Gasteiger charge is 2.13. The fourth-order valence-corrected chi connectivity index (χ4v) is 2.05. The molecular formula is C14H22ClNO. The van der Waals surface area contributed by atoms with Gasteiger partial charge in [-0.1, -0.05) is 24.6 Å². The van der Waals surface area contributed by atoms with Gasteiger partial charge in [0.15, 0.2) is 0 Å². The van der Waals surface area contributed by atoms with Gasteiger partial charge in [-0.15, -0.1) is 0 Å². The van der Waals surface area contributed by atoms with Crippen LogP contribution < -0.4 is 5.32 Å². The molecular weight excluding hydrogens is 234 g/mol. The van der Waals surface area contributed by atoms with Crippen LogP contribution in [0.2, 0.25) is 5.02 Å². The topological polar surface area (TPSA) is 21.3 Å². The lowest BCUT2D eigenvalue weighted by atomic mass is 10.0. The Balaban J connectivity index is 2.81. The third kappa shape index (κ3) is 4.66. The van der Waals surface area contributed by atoms with Gasteiger partial charge in [0.05, 0.1) is 18.8 Å². The molecule has 1 atom stereocenters. The number of rotatable bonds is 6. The van der Waals surface area contributed by atoms with E-state index in [1.807, 2.05) is 12.1 Å². The van der Waals surface area contributed by atoms with Crippen molar-refractivity contribution in [2.24, 2.45) is 0 Å². The fraction of sp³-hybridized carbons (Fsp3) is 0.571. The molecule has 0 heterocycles. The van der Waals surface area contributed by atoms with E-state index in [0.29, 0.717) is 6.61 Å². The summed E-state index contributed by atoms with van der Waals surface area (Å²) in [5.41, 5.74) is 2.47. The molecule has 0 aliphatic carbocycles. The van der Waals surface area contributed by atoms with E-state index in [9.17, 15) is 0 Å². The van der Waals surface area contributed by atoms with Crippen LogP contribution >= 0.6 is 11.6 Å². The number of halogens is 1. The van der Waals surface area contributed by atoms with Gasteiger partial charge in [-0.25, -0.2) is 0 Å². The average Bonchev–Trinajstić information content (AvgIpc) is 2.24. The van der Waals surface area contributed by atoms with Gasteiger partial charge in [-0.05, 0) is 50.6 Å². The average molecular weight is 256 g/mol. The van der Waals surface area contributed by atoms with Gasteiger partial charge < -0.3 is 10.1 Å². The molecule has 0 aliphatic heterocycles. The lowest BCUT2D eigenvalue weighted by Gasteiger charge is -2.21. The smallest absolute Gasteiger partial charge is 0.0665 e. The first kappa shape index (κ1) is 14.5. The number of likely N-dealkylation sites (N-methyl/N-ethyl adjacent to an activating group) is 1. The Morgan fingerprint density at radius 1 is 1.35 bits per heavy atom. The zero-order valence-corrected chi connectivity index (χ0v) is 11.8. The molecule has 1 rings (SSSR count). The van der Waals surface area contributed by atoms with Crippen LogP contribution in [0.4, 0.5) is 0 Å². The van der Waals surface area contributed by atoms with Crippen molar-refractivity contribution in [2.45, 2.75) is 39.8 Å². The molecule has 0 aromatic heterocycles. The normalized spacial score (nSPS) is 13.1. The van der Waals surface area contributed by atoms with Crippen molar-refractivity contribution in [3.05, 3.63) is 34.3 Å². The second-order valence-electron chi connectivity index (χ2n) is 4.49. The van der Waals surface area contributed by atoms with Crippen LogP contribution in [-0.4, -0.2) is 19.3 Å². The Bertz CT molecular complexity index is 352. The number of hydrogen-bond donors (Lipinski definition) is 1. The molecule has 0 saturated heterocycles. The summed E-state index contributed by atoms with van der Waals surface area (Å²) in [4.78, 5) is 0. The van der Waals surface area contributed by atoms with Gasteiger partial charge in [-0.2, -0.15) is 0 Å². The molecule has 0 radical (unpaired) electrons. The van der Waals surface area contributed by atoms with Crippen LogP contribution in [0, 0.1) is 6.92 Å². The van der Waals surface area contributed by atoms with E-state index in [-0.39, 0.29) is 12.1 Å². The molecule has 1 aromatic rings. The fourth-order valence-electron chi connectivity index (χ4n) is 1.82. The summed E-state index contributed by atoms with van der Waals surface area (Å²) in [5, 5.41) is 4.23. The first-order chi connectivity index (χ1) is 8.04. The molecule has 0 fully saturated rings. The number of benzene rings is 1. The van der Waals surface area contributed by atoms with Gasteiger partial charge in [0.1, 0.15) is 0 Å². The number of hydrogen-bond acceptors (Lipinski definition) is 2. The summed E-state index contributed by atoms with van der Waals surface area (Å²) in [6.45, 7) is 9.91. The predicted octanol–water partition coefficient (Wildman–Crippen LogP) is 3.72. The lowest BCUT2D eigenvalue weighted by molar-refractivity contribution is 0.0613. The summed E-state index contributed by atoms with van der Waals surface area (Å²) < 4.78 is 5.70. The van der Waals surface area contributed by atoms with Crippen LogP contribution in [0.3, 0.4) is 0 Å². The number of ether oxygens (including phenoxy) is 1. The van der Waals surface area contributed by atoms with Crippen molar-refractivity contribution < 1.29 is 4.74 Å². The maximum absolute atomic E-state index is 5.97. The van der Waals surface area contributed by atoms with E-state index < -0.39 is 0 Å². The zero-order chi connectivity index (χ0) is 12.8. The van der Waals surface area contributed by atoms with Gasteiger partial charge >= 0.3 is 0 Å². The monoisotopic (exact) mass is 255 g/mol. The van der Waals surface area contributed by atoms with Crippen molar-refractivity contribution in [1.29, 1.82) is 0 Å². The largest absolute Gasteiger partial charge is 0.377 e. The number of nitrogens with one attached hydrogen (secondary N) is 1. The molecule has 2 nitrogen and oxygen atoms in total. The van der Waals surface area contributed by atoms with E-state index in [0.717, 1.165) is 11.6 Å². The van der Waals surface area contributed by atoms with E-state index >= 15 is 0 Å². The molecule has 0 spiro atoms. The summed E-state index contributed by atoms with van der Waals surface area (Å²) in [7, 11) is 0. The van der Waals surface area contributed by atoms with Crippen molar-refractivity contribution >= 4 is 11.6 Å². The summed E-state index contributed by atoms with van der Waals surface area (Å²) in [6, 6.07) is 6.24. The Kier molecular flexibility index (Phi) is 5.96. The molecule has 3 heteroatoms. The van der Waals surface area contributed by atoms with Crippen molar-refractivity contribution in [3.63, 3.8) is 0 Å².